The van der Waals surface area contributed by atoms with Gasteiger partial charge >= 0.3 is 12.3 Å². The molecule has 3 aromatic rings. The minimum Gasteiger partial charge on any atom is -0.442 e. The van der Waals surface area contributed by atoms with Crippen molar-refractivity contribution in [2.24, 2.45) is 0 Å². The maximum atomic E-state index is 13.0. The zero-order valence-corrected chi connectivity index (χ0v) is 18.8. The number of alkyl halides is 3. The van der Waals surface area contributed by atoms with Crippen LogP contribution >= 0.6 is 0 Å². The van der Waals surface area contributed by atoms with Crippen LogP contribution in [-0.2, 0) is 28.5 Å². The molecule has 0 radical (unpaired) electrons. The first kappa shape index (κ1) is 22.9. The zero-order chi connectivity index (χ0) is 24.7. The lowest BCUT2D eigenvalue weighted by molar-refractivity contribution is -0.137. The number of benzene rings is 2. The fraction of sp³-hybridized carbons (Fsp3) is 0.320. The lowest BCUT2D eigenvalue weighted by Crippen LogP contribution is -2.33. The van der Waals surface area contributed by atoms with E-state index in [0.29, 0.717) is 29.1 Å². The quantitative estimate of drug-likeness (QED) is 0.564. The van der Waals surface area contributed by atoms with Crippen LogP contribution in [-0.4, -0.2) is 36.4 Å². The summed E-state index contributed by atoms with van der Waals surface area (Å²) in [5.41, 5.74) is 3.62. The molecule has 1 aromatic heterocycles. The SMILES string of the molecule is CC(=O)NCC1CN(c2ccc3c(c2)-c2onc(-c4ccc(C(F)(F)F)cc4)c2CCC3)C(=O)O1. The van der Waals surface area contributed by atoms with Crippen LogP contribution in [0.2, 0.25) is 0 Å². The van der Waals surface area contributed by atoms with Crippen molar-refractivity contribution in [2.75, 3.05) is 18.0 Å². The molecule has 35 heavy (non-hydrogen) atoms. The number of carbonyl (C=O) groups is 2. The van der Waals surface area contributed by atoms with Gasteiger partial charge in [0.25, 0.3) is 0 Å². The molecule has 2 aromatic carbocycles. The molecule has 0 saturated carbocycles. The Morgan fingerprint density at radius 3 is 2.66 bits per heavy atom. The van der Waals surface area contributed by atoms with Gasteiger partial charge in [-0.1, -0.05) is 23.4 Å². The molecule has 182 valence electrons. The van der Waals surface area contributed by atoms with Crippen LogP contribution in [0, 0.1) is 0 Å². The van der Waals surface area contributed by atoms with Gasteiger partial charge in [-0.3, -0.25) is 9.69 Å². The number of rotatable bonds is 4. The Labute approximate surface area is 198 Å². The molecule has 1 unspecified atom stereocenters. The van der Waals surface area contributed by atoms with Crippen molar-refractivity contribution in [1.82, 2.24) is 10.5 Å². The van der Waals surface area contributed by atoms with Crippen LogP contribution < -0.4 is 10.2 Å². The van der Waals surface area contributed by atoms with Crippen LogP contribution in [0.4, 0.5) is 23.7 Å². The van der Waals surface area contributed by atoms with E-state index in [1.807, 2.05) is 18.2 Å². The minimum absolute atomic E-state index is 0.203. The molecular formula is C25H22F3N3O4. The van der Waals surface area contributed by atoms with Crippen molar-refractivity contribution >= 4 is 17.7 Å². The third kappa shape index (κ3) is 4.48. The van der Waals surface area contributed by atoms with E-state index in [1.165, 1.54) is 24.0 Å². The topological polar surface area (TPSA) is 84.7 Å². The first-order valence-corrected chi connectivity index (χ1v) is 11.2. The third-order valence-electron chi connectivity index (χ3n) is 6.25. The summed E-state index contributed by atoms with van der Waals surface area (Å²) < 4.78 is 50.0. The maximum Gasteiger partial charge on any atom is 0.416 e. The number of fused-ring (bicyclic) bond motifs is 3. The zero-order valence-electron chi connectivity index (χ0n) is 18.8. The van der Waals surface area contributed by atoms with Gasteiger partial charge in [0.05, 0.1) is 18.7 Å². The summed E-state index contributed by atoms with van der Waals surface area (Å²) in [5, 5.41) is 6.85. The Kier molecular flexibility index (Phi) is 5.74. The average Bonchev–Trinajstić information content (AvgIpc) is 3.36. The largest absolute Gasteiger partial charge is 0.442 e. The van der Waals surface area contributed by atoms with E-state index in [0.717, 1.165) is 41.7 Å². The average molecular weight is 485 g/mol. The predicted octanol–water partition coefficient (Wildman–Crippen LogP) is 4.98. The summed E-state index contributed by atoms with van der Waals surface area (Å²) >= 11 is 0. The van der Waals surface area contributed by atoms with Gasteiger partial charge in [0.15, 0.2) is 5.76 Å². The van der Waals surface area contributed by atoms with Crippen LogP contribution in [0.5, 0.6) is 0 Å². The molecule has 1 fully saturated rings. The summed E-state index contributed by atoms with van der Waals surface area (Å²) in [5.74, 6) is 0.350. The Bertz CT molecular complexity index is 1280. The van der Waals surface area contributed by atoms with Gasteiger partial charge in [-0.05, 0) is 49.1 Å². The summed E-state index contributed by atoms with van der Waals surface area (Å²) in [4.78, 5) is 25.2. The molecule has 0 spiro atoms. The summed E-state index contributed by atoms with van der Waals surface area (Å²) in [6.45, 7) is 1.91. The second kappa shape index (κ2) is 8.75. The molecule has 1 N–H and O–H groups in total. The van der Waals surface area contributed by atoms with E-state index in [9.17, 15) is 22.8 Å². The molecule has 5 rings (SSSR count). The molecule has 7 nitrogen and oxygen atoms in total. The van der Waals surface area contributed by atoms with Crippen molar-refractivity contribution in [3.8, 4) is 22.6 Å². The molecule has 2 amide bonds. The number of hydrogen-bond donors (Lipinski definition) is 1. The van der Waals surface area contributed by atoms with Crippen LogP contribution in [0.15, 0.2) is 47.0 Å². The summed E-state index contributed by atoms with van der Waals surface area (Å²) in [6, 6.07) is 10.5. The highest BCUT2D eigenvalue weighted by Crippen LogP contribution is 2.40. The Morgan fingerprint density at radius 1 is 1.17 bits per heavy atom. The number of aryl methyl sites for hydroxylation is 1. The molecule has 1 aliphatic heterocycles. The lowest BCUT2D eigenvalue weighted by Gasteiger charge is -2.15. The lowest BCUT2D eigenvalue weighted by atomic mass is 9.99. The monoisotopic (exact) mass is 485 g/mol. The van der Waals surface area contributed by atoms with Crippen molar-refractivity contribution in [3.63, 3.8) is 0 Å². The first-order chi connectivity index (χ1) is 16.7. The Morgan fingerprint density at radius 2 is 1.94 bits per heavy atom. The standard InChI is InChI=1S/C25H22F3N3O4/c1-14(32)29-12-19-13-31(24(33)34-19)18-10-7-15-3-2-4-20-22(30-35-23(20)21(15)11-18)16-5-8-17(9-6-16)25(26,27)28/h5-11,19H,2-4,12-13H2,1H3,(H,29,32). The number of amides is 2. The summed E-state index contributed by atoms with van der Waals surface area (Å²) in [7, 11) is 0. The maximum absolute atomic E-state index is 13.0. The number of halogens is 3. The van der Waals surface area contributed by atoms with Crippen LogP contribution in [0.3, 0.4) is 0 Å². The molecule has 1 saturated heterocycles. The van der Waals surface area contributed by atoms with E-state index in [-0.39, 0.29) is 19.0 Å². The highest BCUT2D eigenvalue weighted by atomic mass is 19.4. The molecule has 2 aliphatic rings. The number of cyclic esters (lactones) is 1. The van der Waals surface area contributed by atoms with Crippen LogP contribution in [0.1, 0.15) is 30.0 Å². The second-order valence-electron chi connectivity index (χ2n) is 8.66. The van der Waals surface area contributed by atoms with Crippen molar-refractivity contribution in [1.29, 1.82) is 0 Å². The smallest absolute Gasteiger partial charge is 0.416 e. The first-order valence-electron chi connectivity index (χ1n) is 11.2. The van der Waals surface area contributed by atoms with Crippen molar-refractivity contribution in [2.45, 2.75) is 38.5 Å². The molecule has 1 atom stereocenters. The number of ether oxygens (including phenoxy) is 1. The van der Waals surface area contributed by atoms with Gasteiger partial charge in [0, 0.05) is 29.3 Å². The second-order valence-corrected chi connectivity index (χ2v) is 8.66. The number of hydrogen-bond acceptors (Lipinski definition) is 5. The highest BCUT2D eigenvalue weighted by molar-refractivity contribution is 5.91. The van der Waals surface area contributed by atoms with Gasteiger partial charge < -0.3 is 14.6 Å². The molecular weight excluding hydrogens is 463 g/mol. The normalized spacial score (nSPS) is 17.4. The van der Waals surface area contributed by atoms with Gasteiger partial charge in [-0.25, -0.2) is 4.79 Å². The fourth-order valence-corrected chi connectivity index (χ4v) is 4.51. The van der Waals surface area contributed by atoms with Gasteiger partial charge in [-0.2, -0.15) is 13.2 Å². The van der Waals surface area contributed by atoms with Gasteiger partial charge in [0.2, 0.25) is 5.91 Å². The van der Waals surface area contributed by atoms with E-state index >= 15 is 0 Å². The van der Waals surface area contributed by atoms with E-state index in [2.05, 4.69) is 10.5 Å². The van der Waals surface area contributed by atoms with E-state index in [4.69, 9.17) is 9.26 Å². The molecule has 10 heteroatoms. The molecule has 2 heterocycles. The Balaban J connectivity index is 1.46. The van der Waals surface area contributed by atoms with Crippen molar-refractivity contribution < 1.29 is 32.0 Å². The number of nitrogens with zero attached hydrogens (tertiary/aromatic N) is 2. The predicted molar refractivity (Wildman–Crippen MR) is 121 cm³/mol. The fourth-order valence-electron chi connectivity index (χ4n) is 4.51. The minimum atomic E-state index is -4.41. The van der Waals surface area contributed by atoms with Crippen LogP contribution in [0.25, 0.3) is 22.6 Å². The number of anilines is 1. The van der Waals surface area contributed by atoms with E-state index in [1.54, 1.807) is 0 Å². The highest BCUT2D eigenvalue weighted by Gasteiger charge is 2.34. The molecule has 1 aliphatic carbocycles. The van der Waals surface area contributed by atoms with E-state index < -0.39 is 23.9 Å². The number of aromatic nitrogens is 1. The van der Waals surface area contributed by atoms with Gasteiger partial charge in [0.1, 0.15) is 11.8 Å². The summed E-state index contributed by atoms with van der Waals surface area (Å²) in [6.07, 6.45) is -3.12. The van der Waals surface area contributed by atoms with Gasteiger partial charge in [-0.15, -0.1) is 0 Å². The van der Waals surface area contributed by atoms with Crippen molar-refractivity contribution in [3.05, 3.63) is 59.2 Å². The number of carbonyl (C=O) groups excluding carboxylic acids is 2. The molecule has 0 bridgehead atoms. The Hall–Kier alpha value is -3.82. The number of nitrogens with one attached hydrogen (secondary N) is 1. The third-order valence-corrected chi connectivity index (χ3v) is 6.25.